The molecule has 1 aromatic rings. The summed E-state index contributed by atoms with van der Waals surface area (Å²) in [6.45, 7) is 2.07. The lowest BCUT2D eigenvalue weighted by atomic mass is 9.82. The van der Waals surface area contributed by atoms with Crippen LogP contribution in [-0.4, -0.2) is 30.3 Å². The van der Waals surface area contributed by atoms with Gasteiger partial charge in [-0.2, -0.15) is 0 Å². The lowest BCUT2D eigenvalue weighted by Gasteiger charge is -2.37. The van der Waals surface area contributed by atoms with E-state index < -0.39 is 0 Å². The molecule has 1 heterocycles. The Morgan fingerprint density at radius 3 is 2.28 bits per heavy atom. The smallest absolute Gasteiger partial charge is 0.183 e. The maximum Gasteiger partial charge on any atom is 0.183 e. The van der Waals surface area contributed by atoms with Crippen LogP contribution in [0.1, 0.15) is 53.8 Å². The van der Waals surface area contributed by atoms with Crippen molar-refractivity contribution in [3.05, 3.63) is 21.9 Å². The summed E-state index contributed by atoms with van der Waals surface area (Å²) in [5.74, 6) is 0.332. The molecule has 3 heteroatoms. The molecule has 2 rings (SSSR count). The molecule has 0 spiro atoms. The van der Waals surface area contributed by atoms with Gasteiger partial charge in [-0.1, -0.05) is 25.7 Å². The molecule has 2 nitrogen and oxygen atoms in total. The molecule has 0 saturated heterocycles. The van der Waals surface area contributed by atoms with Crippen molar-refractivity contribution >= 4 is 17.1 Å². The number of thiophene rings is 1. The van der Waals surface area contributed by atoms with Crippen LogP contribution in [-0.2, 0) is 0 Å². The van der Waals surface area contributed by atoms with Crippen molar-refractivity contribution in [2.24, 2.45) is 0 Å². The molecule has 1 fully saturated rings. The molecule has 0 atom stereocenters. The lowest BCUT2D eigenvalue weighted by molar-refractivity contribution is 0.0635. The summed E-state index contributed by atoms with van der Waals surface area (Å²) in [6.07, 6.45) is 6.90. The zero-order chi connectivity index (χ0) is 13.2. The highest BCUT2D eigenvalue weighted by molar-refractivity contribution is 7.10. The van der Waals surface area contributed by atoms with Crippen LogP contribution in [0.2, 0.25) is 0 Å². The molecule has 1 aliphatic rings. The summed E-state index contributed by atoms with van der Waals surface area (Å²) in [4.78, 5) is 16.3. The molecule has 1 aromatic heterocycles. The van der Waals surface area contributed by atoms with Crippen LogP contribution in [0.5, 0.6) is 0 Å². The van der Waals surface area contributed by atoms with Crippen LogP contribution in [0.4, 0.5) is 0 Å². The minimum absolute atomic E-state index is 0.260. The van der Waals surface area contributed by atoms with E-state index in [0.29, 0.717) is 5.78 Å². The molecule has 0 amide bonds. The van der Waals surface area contributed by atoms with Gasteiger partial charge in [0, 0.05) is 15.8 Å². The standard InChI is InChI=1S/C15H23NOS/c1-12-10-13(11-18-12)14(17)15(16(2)3)8-6-4-5-7-9-15/h10-11H,4-9H2,1-3H3. The van der Waals surface area contributed by atoms with Gasteiger partial charge in [0.15, 0.2) is 5.78 Å². The highest BCUT2D eigenvalue weighted by atomic mass is 32.1. The fourth-order valence-electron chi connectivity index (χ4n) is 3.02. The summed E-state index contributed by atoms with van der Waals surface area (Å²) in [7, 11) is 4.12. The molecule has 0 aliphatic heterocycles. The number of ketones is 1. The zero-order valence-corrected chi connectivity index (χ0v) is 12.5. The first-order valence-electron chi connectivity index (χ1n) is 6.84. The first-order chi connectivity index (χ1) is 8.56. The van der Waals surface area contributed by atoms with Crippen molar-refractivity contribution in [2.45, 2.75) is 51.0 Å². The average molecular weight is 265 g/mol. The molecular formula is C15H23NOS. The largest absolute Gasteiger partial charge is 0.297 e. The van der Waals surface area contributed by atoms with Gasteiger partial charge in [0.2, 0.25) is 0 Å². The fourth-order valence-corrected chi connectivity index (χ4v) is 3.70. The summed E-state index contributed by atoms with van der Waals surface area (Å²) in [6, 6.07) is 2.04. The molecule has 0 aromatic carbocycles. The molecule has 100 valence electrons. The zero-order valence-electron chi connectivity index (χ0n) is 11.7. The second-order valence-corrected chi connectivity index (χ2v) is 6.73. The minimum atomic E-state index is -0.260. The Labute approximate surface area is 114 Å². The highest BCUT2D eigenvalue weighted by Gasteiger charge is 2.41. The molecule has 0 unspecified atom stereocenters. The maximum atomic E-state index is 12.9. The van der Waals surface area contributed by atoms with E-state index in [1.54, 1.807) is 11.3 Å². The quantitative estimate of drug-likeness (QED) is 0.610. The predicted molar refractivity (Wildman–Crippen MR) is 77.5 cm³/mol. The first-order valence-corrected chi connectivity index (χ1v) is 7.71. The van der Waals surface area contributed by atoms with E-state index in [1.807, 2.05) is 11.4 Å². The van der Waals surface area contributed by atoms with Gasteiger partial charge in [0.1, 0.15) is 0 Å². The SMILES string of the molecule is Cc1cc(C(=O)C2(N(C)C)CCCCCC2)cs1. The van der Waals surface area contributed by atoms with Gasteiger partial charge in [-0.25, -0.2) is 0 Å². The molecule has 0 bridgehead atoms. The topological polar surface area (TPSA) is 20.3 Å². The van der Waals surface area contributed by atoms with Gasteiger partial charge in [-0.3, -0.25) is 9.69 Å². The third-order valence-electron chi connectivity index (χ3n) is 4.20. The molecule has 18 heavy (non-hydrogen) atoms. The number of likely N-dealkylation sites (N-methyl/N-ethyl adjacent to an activating group) is 1. The third kappa shape index (κ3) is 2.52. The highest BCUT2D eigenvalue weighted by Crippen LogP contribution is 2.35. The molecule has 0 N–H and O–H groups in total. The Bertz CT molecular complexity index is 414. The van der Waals surface area contributed by atoms with E-state index in [0.717, 1.165) is 18.4 Å². The van der Waals surface area contributed by atoms with Crippen LogP contribution in [0.15, 0.2) is 11.4 Å². The number of rotatable bonds is 3. The Kier molecular flexibility index (Phi) is 4.23. The van der Waals surface area contributed by atoms with Gasteiger partial charge in [-0.05, 0) is 39.9 Å². The van der Waals surface area contributed by atoms with Crippen LogP contribution in [0.3, 0.4) is 0 Å². The molecule has 0 radical (unpaired) electrons. The van der Waals surface area contributed by atoms with Crippen molar-refractivity contribution in [1.82, 2.24) is 4.90 Å². The first kappa shape index (κ1) is 13.8. The van der Waals surface area contributed by atoms with Crippen molar-refractivity contribution in [2.75, 3.05) is 14.1 Å². The van der Waals surface area contributed by atoms with Crippen molar-refractivity contribution in [3.63, 3.8) is 0 Å². The molecular weight excluding hydrogens is 242 g/mol. The number of nitrogens with zero attached hydrogens (tertiary/aromatic N) is 1. The maximum absolute atomic E-state index is 12.9. The van der Waals surface area contributed by atoms with E-state index in [-0.39, 0.29) is 5.54 Å². The third-order valence-corrected chi connectivity index (χ3v) is 5.06. The van der Waals surface area contributed by atoms with Gasteiger partial charge < -0.3 is 0 Å². The Hall–Kier alpha value is -0.670. The van der Waals surface area contributed by atoms with Crippen LogP contribution >= 0.6 is 11.3 Å². The van der Waals surface area contributed by atoms with Crippen LogP contribution in [0, 0.1) is 6.92 Å². The monoisotopic (exact) mass is 265 g/mol. The van der Waals surface area contributed by atoms with Gasteiger partial charge in [0.25, 0.3) is 0 Å². The fraction of sp³-hybridized carbons (Fsp3) is 0.667. The average Bonchev–Trinajstić information content (AvgIpc) is 2.63. The van der Waals surface area contributed by atoms with E-state index in [9.17, 15) is 4.79 Å². The number of carbonyl (C=O) groups is 1. The number of Topliss-reactive ketones (excluding diaryl/α,β-unsaturated/α-hetero) is 1. The van der Waals surface area contributed by atoms with Gasteiger partial charge >= 0.3 is 0 Å². The second kappa shape index (κ2) is 5.54. The van der Waals surface area contributed by atoms with Crippen LogP contribution in [0.25, 0.3) is 0 Å². The van der Waals surface area contributed by atoms with Crippen molar-refractivity contribution in [3.8, 4) is 0 Å². The second-order valence-electron chi connectivity index (χ2n) is 5.62. The lowest BCUT2D eigenvalue weighted by Crippen LogP contribution is -2.50. The van der Waals surface area contributed by atoms with E-state index in [1.165, 1.54) is 30.6 Å². The number of hydrogen-bond acceptors (Lipinski definition) is 3. The van der Waals surface area contributed by atoms with Gasteiger partial charge in [0.05, 0.1) is 5.54 Å². The Morgan fingerprint density at radius 2 is 1.83 bits per heavy atom. The summed E-state index contributed by atoms with van der Waals surface area (Å²) < 4.78 is 0. The van der Waals surface area contributed by atoms with Crippen molar-refractivity contribution in [1.29, 1.82) is 0 Å². The number of carbonyl (C=O) groups excluding carboxylic acids is 1. The molecule has 1 saturated carbocycles. The minimum Gasteiger partial charge on any atom is -0.297 e. The summed E-state index contributed by atoms with van der Waals surface area (Å²) in [5.41, 5.74) is 0.650. The van der Waals surface area contributed by atoms with E-state index >= 15 is 0 Å². The van der Waals surface area contributed by atoms with E-state index in [2.05, 4.69) is 25.9 Å². The summed E-state index contributed by atoms with van der Waals surface area (Å²) >= 11 is 1.67. The number of hydrogen-bond donors (Lipinski definition) is 0. The number of aryl methyl sites for hydroxylation is 1. The Balaban J connectivity index is 2.31. The normalized spacial score (nSPS) is 19.8. The van der Waals surface area contributed by atoms with Crippen molar-refractivity contribution < 1.29 is 4.79 Å². The van der Waals surface area contributed by atoms with E-state index in [4.69, 9.17) is 0 Å². The summed E-state index contributed by atoms with van der Waals surface area (Å²) in [5, 5.41) is 2.02. The molecule has 1 aliphatic carbocycles. The predicted octanol–water partition coefficient (Wildman–Crippen LogP) is 3.89. The Morgan fingerprint density at radius 1 is 1.22 bits per heavy atom. The van der Waals surface area contributed by atoms with Crippen LogP contribution < -0.4 is 0 Å². The van der Waals surface area contributed by atoms with Gasteiger partial charge in [-0.15, -0.1) is 11.3 Å².